The molecule has 2 N–H and O–H groups in total. The fourth-order valence-corrected chi connectivity index (χ4v) is 1.91. The van der Waals surface area contributed by atoms with Gasteiger partial charge in [0.2, 0.25) is 0 Å². The first-order chi connectivity index (χ1) is 5.01. The summed E-state index contributed by atoms with van der Waals surface area (Å²) in [7, 11) is -3.26. The van der Waals surface area contributed by atoms with Crippen molar-refractivity contribution in [1.82, 2.24) is 9.44 Å². The van der Waals surface area contributed by atoms with Gasteiger partial charge in [0.25, 0.3) is 10.2 Å². The van der Waals surface area contributed by atoms with E-state index < -0.39 is 10.2 Å². The van der Waals surface area contributed by atoms with Crippen LogP contribution in [0.4, 0.5) is 0 Å². The number of allylic oxidation sites excluding steroid dienone is 1. The SMILES string of the molecule is CC1=C(C)NS(=O)(=O)NCC1. The Balaban J connectivity index is 2.91. The Morgan fingerprint density at radius 2 is 2.00 bits per heavy atom. The molecule has 0 radical (unpaired) electrons. The molecule has 64 valence electrons. The molecule has 0 aromatic rings. The molecule has 0 aliphatic carbocycles. The van der Waals surface area contributed by atoms with E-state index in [0.717, 1.165) is 17.7 Å². The van der Waals surface area contributed by atoms with Crippen LogP contribution in [0.25, 0.3) is 0 Å². The third-order valence-corrected chi connectivity index (χ3v) is 2.88. The first kappa shape index (κ1) is 8.55. The standard InChI is InChI=1S/C6H12N2O2S/c1-5-3-4-7-11(9,10)8-6(5)2/h7-8H,3-4H2,1-2H3. The predicted octanol–water partition coefficient (Wildman–Crippen LogP) is 0.108. The van der Waals surface area contributed by atoms with Crippen molar-refractivity contribution >= 4 is 10.2 Å². The van der Waals surface area contributed by atoms with Gasteiger partial charge in [-0.1, -0.05) is 5.57 Å². The van der Waals surface area contributed by atoms with Crippen LogP contribution >= 0.6 is 0 Å². The van der Waals surface area contributed by atoms with Gasteiger partial charge in [-0.25, -0.2) is 0 Å². The molecule has 0 fully saturated rings. The first-order valence-electron chi connectivity index (χ1n) is 3.45. The van der Waals surface area contributed by atoms with Gasteiger partial charge < -0.3 is 0 Å². The minimum Gasteiger partial charge on any atom is -0.275 e. The van der Waals surface area contributed by atoms with Crippen LogP contribution in [0.5, 0.6) is 0 Å². The molecule has 4 nitrogen and oxygen atoms in total. The van der Waals surface area contributed by atoms with Gasteiger partial charge in [-0.2, -0.15) is 13.1 Å². The van der Waals surface area contributed by atoms with Crippen LogP contribution in [0, 0.1) is 0 Å². The molecule has 1 aliphatic heterocycles. The summed E-state index contributed by atoms with van der Waals surface area (Å²) in [6, 6.07) is 0. The van der Waals surface area contributed by atoms with Crippen LogP contribution in [0.1, 0.15) is 20.3 Å². The lowest BCUT2D eigenvalue weighted by Crippen LogP contribution is -2.33. The van der Waals surface area contributed by atoms with Gasteiger partial charge in [0.1, 0.15) is 0 Å². The van der Waals surface area contributed by atoms with Crippen molar-refractivity contribution in [2.45, 2.75) is 20.3 Å². The summed E-state index contributed by atoms with van der Waals surface area (Å²) in [5.74, 6) is 0. The largest absolute Gasteiger partial charge is 0.298 e. The summed E-state index contributed by atoms with van der Waals surface area (Å²) in [6.45, 7) is 4.17. The zero-order valence-electron chi connectivity index (χ0n) is 6.64. The summed E-state index contributed by atoms with van der Waals surface area (Å²) in [5, 5.41) is 0. The van der Waals surface area contributed by atoms with E-state index in [0.29, 0.717) is 6.54 Å². The van der Waals surface area contributed by atoms with Crippen molar-refractivity contribution in [3.05, 3.63) is 11.3 Å². The average Bonchev–Trinajstić information content (AvgIpc) is 1.93. The van der Waals surface area contributed by atoms with Gasteiger partial charge in [-0.3, -0.25) is 4.72 Å². The topological polar surface area (TPSA) is 58.2 Å². The highest BCUT2D eigenvalue weighted by Gasteiger charge is 2.13. The fourth-order valence-electron chi connectivity index (χ4n) is 0.885. The smallest absolute Gasteiger partial charge is 0.275 e. The van der Waals surface area contributed by atoms with Crippen LogP contribution in [-0.2, 0) is 10.2 Å². The van der Waals surface area contributed by atoms with Crippen LogP contribution in [0.2, 0.25) is 0 Å². The minimum absolute atomic E-state index is 0.485. The van der Waals surface area contributed by atoms with Crippen molar-refractivity contribution in [3.8, 4) is 0 Å². The summed E-state index contributed by atoms with van der Waals surface area (Å²) in [6.07, 6.45) is 0.776. The molecule has 0 atom stereocenters. The van der Waals surface area contributed by atoms with E-state index in [1.807, 2.05) is 6.92 Å². The molecular formula is C6H12N2O2S. The molecule has 0 bridgehead atoms. The fraction of sp³-hybridized carbons (Fsp3) is 0.667. The molecule has 0 aromatic carbocycles. The third-order valence-electron chi connectivity index (χ3n) is 1.72. The first-order valence-corrected chi connectivity index (χ1v) is 4.93. The Morgan fingerprint density at radius 3 is 2.64 bits per heavy atom. The van der Waals surface area contributed by atoms with Crippen LogP contribution in [0.3, 0.4) is 0 Å². The molecule has 1 rings (SSSR count). The number of rotatable bonds is 0. The van der Waals surface area contributed by atoms with E-state index in [2.05, 4.69) is 9.44 Å². The minimum atomic E-state index is -3.26. The summed E-state index contributed by atoms with van der Waals surface area (Å²) in [5.41, 5.74) is 1.81. The Kier molecular flexibility index (Phi) is 2.20. The second kappa shape index (κ2) is 2.83. The van der Waals surface area contributed by atoms with Crippen molar-refractivity contribution in [1.29, 1.82) is 0 Å². The number of hydrogen-bond acceptors (Lipinski definition) is 2. The van der Waals surface area contributed by atoms with Gasteiger partial charge in [-0.05, 0) is 20.3 Å². The molecule has 1 heterocycles. The molecule has 1 aliphatic rings. The van der Waals surface area contributed by atoms with Gasteiger partial charge >= 0.3 is 0 Å². The second-order valence-electron chi connectivity index (χ2n) is 2.66. The van der Waals surface area contributed by atoms with E-state index in [4.69, 9.17) is 0 Å². The maximum atomic E-state index is 11.0. The van der Waals surface area contributed by atoms with E-state index in [1.165, 1.54) is 0 Å². The summed E-state index contributed by atoms with van der Waals surface area (Å²) in [4.78, 5) is 0. The molecule has 0 saturated heterocycles. The van der Waals surface area contributed by atoms with Crippen LogP contribution in [-0.4, -0.2) is 15.0 Å². The van der Waals surface area contributed by atoms with Gasteiger partial charge in [-0.15, -0.1) is 0 Å². The Bertz CT molecular complexity index is 279. The van der Waals surface area contributed by atoms with Crippen molar-refractivity contribution in [2.24, 2.45) is 0 Å². The molecule has 0 saturated carbocycles. The van der Waals surface area contributed by atoms with Crippen molar-refractivity contribution < 1.29 is 8.42 Å². The number of nitrogens with one attached hydrogen (secondary N) is 2. The lowest BCUT2D eigenvalue weighted by Gasteiger charge is -2.04. The average molecular weight is 176 g/mol. The Morgan fingerprint density at radius 1 is 1.36 bits per heavy atom. The zero-order chi connectivity index (χ0) is 8.48. The maximum absolute atomic E-state index is 11.0. The Labute approximate surface area is 66.9 Å². The molecule has 0 amide bonds. The quantitative estimate of drug-likeness (QED) is 0.550. The lowest BCUT2D eigenvalue weighted by molar-refractivity contribution is 0.577. The van der Waals surface area contributed by atoms with Crippen LogP contribution in [0.15, 0.2) is 11.3 Å². The molecule has 5 heteroatoms. The van der Waals surface area contributed by atoms with Gasteiger partial charge in [0.05, 0.1) is 0 Å². The number of hydrogen-bond donors (Lipinski definition) is 2. The van der Waals surface area contributed by atoms with E-state index >= 15 is 0 Å². The predicted molar refractivity (Wildman–Crippen MR) is 43.0 cm³/mol. The molecule has 11 heavy (non-hydrogen) atoms. The summed E-state index contributed by atoms with van der Waals surface area (Å²) >= 11 is 0. The van der Waals surface area contributed by atoms with Gasteiger partial charge in [0, 0.05) is 12.2 Å². The highest BCUT2D eigenvalue weighted by atomic mass is 32.2. The molecule has 0 unspecified atom stereocenters. The van der Waals surface area contributed by atoms with E-state index in [-0.39, 0.29) is 0 Å². The monoisotopic (exact) mass is 176 g/mol. The third kappa shape index (κ3) is 2.20. The molecule has 0 spiro atoms. The maximum Gasteiger partial charge on any atom is 0.298 e. The molecular weight excluding hydrogens is 164 g/mol. The second-order valence-corrected chi connectivity index (χ2v) is 4.15. The normalized spacial score (nSPS) is 24.2. The highest BCUT2D eigenvalue weighted by molar-refractivity contribution is 7.87. The highest BCUT2D eigenvalue weighted by Crippen LogP contribution is 2.08. The van der Waals surface area contributed by atoms with Gasteiger partial charge in [0.15, 0.2) is 0 Å². The summed E-state index contributed by atoms with van der Waals surface area (Å²) < 4.78 is 26.7. The van der Waals surface area contributed by atoms with E-state index in [9.17, 15) is 8.42 Å². The van der Waals surface area contributed by atoms with E-state index in [1.54, 1.807) is 6.92 Å². The Hall–Kier alpha value is -0.550. The lowest BCUT2D eigenvalue weighted by atomic mass is 10.2. The van der Waals surface area contributed by atoms with Crippen molar-refractivity contribution in [2.75, 3.05) is 6.54 Å². The van der Waals surface area contributed by atoms with Crippen molar-refractivity contribution in [3.63, 3.8) is 0 Å². The molecule has 0 aromatic heterocycles. The van der Waals surface area contributed by atoms with Crippen LogP contribution < -0.4 is 9.44 Å². The zero-order valence-corrected chi connectivity index (χ0v) is 7.46.